The highest BCUT2D eigenvalue weighted by Gasteiger charge is 2.26. The average Bonchev–Trinajstić information content (AvgIpc) is 3.29. The first-order valence-electron chi connectivity index (χ1n) is 11.4. The maximum Gasteiger partial charge on any atom is 0.246 e. The van der Waals surface area contributed by atoms with Crippen LogP contribution in [0.1, 0.15) is 24.0 Å². The first-order valence-corrected chi connectivity index (χ1v) is 12.2. The maximum absolute atomic E-state index is 5.72. The van der Waals surface area contributed by atoms with E-state index in [1.807, 2.05) is 12.4 Å². The van der Waals surface area contributed by atoms with Gasteiger partial charge < -0.3 is 10.6 Å². The number of H-pyrrole nitrogens is 1. The summed E-state index contributed by atoms with van der Waals surface area (Å²) in [6.07, 6.45) is 7.01. The van der Waals surface area contributed by atoms with E-state index in [1.54, 1.807) is 0 Å². The van der Waals surface area contributed by atoms with Gasteiger partial charge in [0.15, 0.2) is 0 Å². The van der Waals surface area contributed by atoms with E-state index in [-0.39, 0.29) is 0 Å². The molecule has 170 valence electrons. The molecule has 0 aliphatic carbocycles. The van der Waals surface area contributed by atoms with Crippen molar-refractivity contribution in [1.82, 2.24) is 25.1 Å². The van der Waals surface area contributed by atoms with Crippen LogP contribution in [0.25, 0.3) is 10.8 Å². The predicted molar refractivity (Wildman–Crippen MR) is 136 cm³/mol. The Labute approximate surface area is 202 Å². The highest BCUT2D eigenvalue weighted by molar-refractivity contribution is 9.10. The van der Waals surface area contributed by atoms with Gasteiger partial charge in [0, 0.05) is 54.5 Å². The summed E-state index contributed by atoms with van der Waals surface area (Å²) in [6, 6.07) is 17.8. The van der Waals surface area contributed by atoms with E-state index in [2.05, 4.69) is 94.4 Å². The summed E-state index contributed by atoms with van der Waals surface area (Å²) < 4.78 is 1.12. The van der Waals surface area contributed by atoms with Gasteiger partial charge in [0.2, 0.25) is 11.9 Å². The number of pyridine rings is 1. The van der Waals surface area contributed by atoms with Crippen molar-refractivity contribution in [1.29, 1.82) is 0 Å². The molecule has 3 heterocycles. The quantitative estimate of drug-likeness (QED) is 0.386. The fraction of sp³-hybridized carbons (Fsp3) is 0.320. The molecule has 1 aliphatic heterocycles. The van der Waals surface area contributed by atoms with E-state index in [0.717, 1.165) is 49.9 Å². The Kier molecular flexibility index (Phi) is 6.55. The van der Waals surface area contributed by atoms with Crippen LogP contribution in [0.5, 0.6) is 0 Å². The Hall–Kier alpha value is -2.97. The lowest BCUT2D eigenvalue weighted by molar-refractivity contribution is 0.162. The fourth-order valence-electron chi connectivity index (χ4n) is 4.69. The van der Waals surface area contributed by atoms with Crippen molar-refractivity contribution in [3.63, 3.8) is 0 Å². The van der Waals surface area contributed by atoms with Gasteiger partial charge in [0.25, 0.3) is 0 Å². The number of piperidine rings is 1. The van der Waals surface area contributed by atoms with Crippen LogP contribution in [0.3, 0.4) is 0 Å². The van der Waals surface area contributed by atoms with E-state index in [4.69, 9.17) is 5.73 Å². The molecule has 3 N–H and O–H groups in total. The normalized spacial score (nSPS) is 14.9. The molecule has 8 heteroatoms. The summed E-state index contributed by atoms with van der Waals surface area (Å²) in [4.78, 5) is 13.6. The van der Waals surface area contributed by atoms with Crippen LogP contribution in [-0.4, -0.2) is 50.7 Å². The number of aromatic amines is 1. The lowest BCUT2D eigenvalue weighted by Gasteiger charge is -2.38. The number of anilines is 2. The molecular formula is C25H28BrN7. The molecule has 0 saturated carbocycles. The smallest absolute Gasteiger partial charge is 0.246 e. The van der Waals surface area contributed by atoms with Gasteiger partial charge in [0.05, 0.1) is 0 Å². The van der Waals surface area contributed by atoms with Crippen LogP contribution in [0.15, 0.2) is 65.4 Å². The maximum atomic E-state index is 5.72. The third-order valence-electron chi connectivity index (χ3n) is 6.50. The summed E-state index contributed by atoms with van der Waals surface area (Å²) in [5.74, 6) is 1.07. The van der Waals surface area contributed by atoms with Crippen molar-refractivity contribution in [2.75, 3.05) is 30.3 Å². The van der Waals surface area contributed by atoms with Crippen molar-refractivity contribution in [2.45, 2.75) is 31.8 Å². The summed E-state index contributed by atoms with van der Waals surface area (Å²) in [5, 5.41) is 9.46. The number of nitrogens with one attached hydrogen (secondary N) is 1. The highest BCUT2D eigenvalue weighted by atomic mass is 79.9. The topological polar surface area (TPSA) is 87.0 Å². The number of benzene rings is 2. The summed E-state index contributed by atoms with van der Waals surface area (Å²) in [6.45, 7) is 3.77. The number of nitrogens with zero attached hydrogens (tertiary/aromatic N) is 5. The van der Waals surface area contributed by atoms with Gasteiger partial charge in [-0.15, -0.1) is 5.10 Å². The van der Waals surface area contributed by atoms with Gasteiger partial charge in [-0.25, -0.2) is 5.10 Å². The van der Waals surface area contributed by atoms with Gasteiger partial charge in [-0.05, 0) is 54.0 Å². The summed E-state index contributed by atoms with van der Waals surface area (Å²) >= 11 is 3.54. The monoisotopic (exact) mass is 505 g/mol. The molecule has 2 aromatic carbocycles. The number of nitrogens with two attached hydrogens (primary N) is 1. The van der Waals surface area contributed by atoms with Gasteiger partial charge in [-0.2, -0.15) is 4.98 Å². The van der Waals surface area contributed by atoms with Crippen LogP contribution < -0.4 is 10.6 Å². The predicted octanol–water partition coefficient (Wildman–Crippen LogP) is 4.41. The molecule has 0 unspecified atom stereocenters. The number of rotatable bonds is 7. The molecule has 4 aromatic rings. The molecule has 1 fully saturated rings. The Morgan fingerprint density at radius 3 is 2.67 bits per heavy atom. The van der Waals surface area contributed by atoms with E-state index in [0.29, 0.717) is 17.9 Å². The van der Waals surface area contributed by atoms with Gasteiger partial charge in [-0.1, -0.05) is 46.3 Å². The molecule has 5 rings (SSSR count). The minimum atomic E-state index is 0.368. The molecule has 0 radical (unpaired) electrons. The van der Waals surface area contributed by atoms with Crippen molar-refractivity contribution in [2.24, 2.45) is 0 Å². The van der Waals surface area contributed by atoms with Crippen molar-refractivity contribution in [3.05, 3.63) is 76.5 Å². The lowest BCUT2D eigenvalue weighted by Crippen LogP contribution is -2.45. The van der Waals surface area contributed by atoms with Crippen molar-refractivity contribution < 1.29 is 0 Å². The van der Waals surface area contributed by atoms with Crippen LogP contribution >= 0.6 is 15.9 Å². The zero-order valence-electron chi connectivity index (χ0n) is 18.5. The number of hydrogen-bond donors (Lipinski definition) is 2. The molecule has 2 aromatic heterocycles. The second-order valence-corrected chi connectivity index (χ2v) is 9.52. The molecule has 7 nitrogen and oxygen atoms in total. The first kappa shape index (κ1) is 21.9. The summed E-state index contributed by atoms with van der Waals surface area (Å²) in [5.41, 5.74) is 8.42. The van der Waals surface area contributed by atoms with Gasteiger partial charge in [0.1, 0.15) is 0 Å². The second-order valence-electron chi connectivity index (χ2n) is 8.60. The zero-order chi connectivity index (χ0) is 22.6. The van der Waals surface area contributed by atoms with Crippen LogP contribution in [0, 0.1) is 0 Å². The minimum absolute atomic E-state index is 0.368. The van der Waals surface area contributed by atoms with Crippen molar-refractivity contribution >= 4 is 38.6 Å². The number of nitrogen functional groups attached to an aromatic ring is 1. The van der Waals surface area contributed by atoms with Crippen LogP contribution in [0.2, 0.25) is 0 Å². The standard InChI is InChI=1S/C25H28BrN7/c26-21-6-4-18(5-7-21)9-13-33(17-20-3-1-2-19-8-12-28-16-23(19)20)22-10-14-32(15-11-22)25-29-24(27)30-31-25/h1-8,12,16,22H,9-11,13-15,17H2,(H3,27,29,30,31). The molecule has 33 heavy (non-hydrogen) atoms. The average molecular weight is 506 g/mol. The van der Waals surface area contributed by atoms with Crippen LogP contribution in [-0.2, 0) is 13.0 Å². The molecule has 0 spiro atoms. The SMILES string of the molecule is Nc1nc(N2CCC(N(CCc3ccc(Br)cc3)Cc3cccc4ccncc34)CC2)n[nH]1. The molecule has 1 saturated heterocycles. The second kappa shape index (κ2) is 9.89. The van der Waals surface area contributed by atoms with E-state index in [1.165, 1.54) is 21.9 Å². The van der Waals surface area contributed by atoms with E-state index < -0.39 is 0 Å². The third-order valence-corrected chi connectivity index (χ3v) is 7.03. The molecular weight excluding hydrogens is 478 g/mol. The fourth-order valence-corrected chi connectivity index (χ4v) is 4.95. The number of halogens is 1. The number of aromatic nitrogens is 4. The molecule has 1 aliphatic rings. The summed E-state index contributed by atoms with van der Waals surface area (Å²) in [7, 11) is 0. The zero-order valence-corrected chi connectivity index (χ0v) is 20.1. The molecule has 0 atom stereocenters. The highest BCUT2D eigenvalue weighted by Crippen LogP contribution is 2.25. The molecule has 0 amide bonds. The first-order chi connectivity index (χ1) is 16.2. The van der Waals surface area contributed by atoms with Crippen LogP contribution in [0.4, 0.5) is 11.9 Å². The third kappa shape index (κ3) is 5.17. The van der Waals surface area contributed by atoms with E-state index in [9.17, 15) is 0 Å². The lowest BCUT2D eigenvalue weighted by atomic mass is 10.00. The Morgan fingerprint density at radius 2 is 1.91 bits per heavy atom. The Bertz CT molecular complexity index is 1190. The Morgan fingerprint density at radius 1 is 1.09 bits per heavy atom. The number of hydrogen-bond acceptors (Lipinski definition) is 6. The van der Waals surface area contributed by atoms with Gasteiger partial charge in [-0.3, -0.25) is 9.88 Å². The minimum Gasteiger partial charge on any atom is -0.368 e. The Balaban J connectivity index is 1.33. The van der Waals surface area contributed by atoms with Gasteiger partial charge >= 0.3 is 0 Å². The largest absolute Gasteiger partial charge is 0.368 e. The van der Waals surface area contributed by atoms with Crippen molar-refractivity contribution in [3.8, 4) is 0 Å². The van der Waals surface area contributed by atoms with E-state index >= 15 is 0 Å². The molecule has 0 bridgehead atoms. The number of fused-ring (bicyclic) bond motifs is 1.